The third-order valence-electron chi connectivity index (χ3n) is 3.19. The van der Waals surface area contributed by atoms with Gasteiger partial charge in [-0.05, 0) is 49.4 Å². The lowest BCUT2D eigenvalue weighted by atomic mass is 9.97. The number of benzene rings is 1. The number of rotatable bonds is 7. The maximum absolute atomic E-state index is 9.20. The minimum atomic E-state index is 0.349. The average molecular weight is 235 g/mol. The van der Waals surface area contributed by atoms with Gasteiger partial charge in [0.1, 0.15) is 5.75 Å². The number of phenolic OH excluding ortho intramolecular Hbond substituents is 1. The van der Waals surface area contributed by atoms with Crippen molar-refractivity contribution < 1.29 is 5.11 Å². The molecule has 0 aliphatic carbocycles. The lowest BCUT2D eigenvalue weighted by Crippen LogP contribution is -2.33. The Kier molecular flexibility index (Phi) is 6.06. The van der Waals surface area contributed by atoms with Crippen molar-refractivity contribution in [3.63, 3.8) is 0 Å². The second kappa shape index (κ2) is 7.33. The molecule has 0 heterocycles. The lowest BCUT2D eigenvalue weighted by Gasteiger charge is -2.21. The van der Waals surface area contributed by atoms with Gasteiger partial charge in [0, 0.05) is 6.04 Å². The van der Waals surface area contributed by atoms with Crippen LogP contribution < -0.4 is 5.32 Å². The third-order valence-corrected chi connectivity index (χ3v) is 3.19. The predicted molar refractivity (Wildman–Crippen MR) is 73.3 cm³/mol. The van der Waals surface area contributed by atoms with Gasteiger partial charge in [-0.1, -0.05) is 32.9 Å². The van der Waals surface area contributed by atoms with Crippen LogP contribution in [0.4, 0.5) is 0 Å². The lowest BCUT2D eigenvalue weighted by molar-refractivity contribution is 0.377. The van der Waals surface area contributed by atoms with Crippen LogP contribution in [0.5, 0.6) is 5.75 Å². The topological polar surface area (TPSA) is 32.3 Å². The van der Waals surface area contributed by atoms with Gasteiger partial charge in [-0.2, -0.15) is 0 Å². The molecule has 0 saturated carbocycles. The molecule has 1 aromatic rings. The van der Waals surface area contributed by atoms with Crippen LogP contribution in [0.2, 0.25) is 0 Å². The van der Waals surface area contributed by atoms with Gasteiger partial charge in [0.25, 0.3) is 0 Å². The van der Waals surface area contributed by atoms with E-state index in [1.807, 2.05) is 12.1 Å². The highest BCUT2D eigenvalue weighted by Gasteiger charge is 2.10. The molecule has 1 atom stereocenters. The first kappa shape index (κ1) is 14.0. The average Bonchev–Trinajstić information content (AvgIpc) is 2.30. The minimum absolute atomic E-state index is 0.349. The molecule has 0 amide bonds. The Morgan fingerprint density at radius 3 is 2.35 bits per heavy atom. The van der Waals surface area contributed by atoms with E-state index >= 15 is 0 Å². The molecule has 1 unspecified atom stereocenters. The smallest absolute Gasteiger partial charge is 0.115 e. The first-order valence-electron chi connectivity index (χ1n) is 6.64. The zero-order valence-corrected chi connectivity index (χ0v) is 11.2. The molecular weight excluding hydrogens is 210 g/mol. The van der Waals surface area contributed by atoms with Crippen LogP contribution in [0.25, 0.3) is 0 Å². The van der Waals surface area contributed by atoms with Crippen LogP contribution in [0.15, 0.2) is 24.3 Å². The first-order chi connectivity index (χ1) is 8.13. The highest BCUT2D eigenvalue weighted by molar-refractivity contribution is 5.25. The second-order valence-corrected chi connectivity index (χ2v) is 4.97. The fraction of sp³-hybridized carbons (Fsp3) is 0.600. The highest BCUT2D eigenvalue weighted by Crippen LogP contribution is 2.14. The van der Waals surface area contributed by atoms with E-state index in [-0.39, 0.29) is 0 Å². The van der Waals surface area contributed by atoms with E-state index in [2.05, 4.69) is 26.1 Å². The summed E-state index contributed by atoms with van der Waals surface area (Å²) >= 11 is 0. The van der Waals surface area contributed by atoms with Crippen molar-refractivity contribution in [3.8, 4) is 5.75 Å². The van der Waals surface area contributed by atoms with Crippen LogP contribution in [-0.4, -0.2) is 17.7 Å². The first-order valence-corrected chi connectivity index (χ1v) is 6.64. The van der Waals surface area contributed by atoms with Crippen molar-refractivity contribution in [1.29, 1.82) is 0 Å². The molecule has 1 rings (SSSR count). The Balaban J connectivity index is 2.33. The molecule has 0 bridgehead atoms. The second-order valence-electron chi connectivity index (χ2n) is 4.97. The molecule has 2 N–H and O–H groups in total. The number of hydrogen-bond acceptors (Lipinski definition) is 2. The molecule has 96 valence electrons. The largest absolute Gasteiger partial charge is 0.508 e. The summed E-state index contributed by atoms with van der Waals surface area (Å²) in [6, 6.07) is 8.16. The van der Waals surface area contributed by atoms with Crippen molar-refractivity contribution in [3.05, 3.63) is 29.8 Å². The van der Waals surface area contributed by atoms with E-state index in [0.717, 1.165) is 13.0 Å². The van der Waals surface area contributed by atoms with Crippen LogP contribution in [0.1, 0.15) is 39.2 Å². The van der Waals surface area contributed by atoms with E-state index in [1.54, 1.807) is 12.1 Å². The monoisotopic (exact) mass is 235 g/mol. The van der Waals surface area contributed by atoms with E-state index in [1.165, 1.54) is 18.4 Å². The Morgan fingerprint density at radius 2 is 1.82 bits per heavy atom. The molecule has 2 nitrogen and oxygen atoms in total. The van der Waals surface area contributed by atoms with Crippen LogP contribution in [0.3, 0.4) is 0 Å². The molecule has 0 radical (unpaired) electrons. The molecule has 0 saturated heterocycles. The normalized spacial score (nSPS) is 12.9. The van der Waals surface area contributed by atoms with Crippen LogP contribution in [-0.2, 0) is 6.42 Å². The van der Waals surface area contributed by atoms with Crippen molar-refractivity contribution in [1.82, 2.24) is 5.32 Å². The van der Waals surface area contributed by atoms with Crippen molar-refractivity contribution in [2.75, 3.05) is 6.54 Å². The summed E-state index contributed by atoms with van der Waals surface area (Å²) < 4.78 is 0. The van der Waals surface area contributed by atoms with Gasteiger partial charge in [-0.15, -0.1) is 0 Å². The SMILES string of the molecule is CCNC(CCCc1ccc(O)cc1)C(C)C. The summed E-state index contributed by atoms with van der Waals surface area (Å²) in [5.74, 6) is 1.04. The van der Waals surface area contributed by atoms with Crippen LogP contribution >= 0.6 is 0 Å². The van der Waals surface area contributed by atoms with Gasteiger partial charge in [0.05, 0.1) is 0 Å². The number of aromatic hydroxyl groups is 1. The molecule has 0 aliphatic rings. The van der Waals surface area contributed by atoms with E-state index in [4.69, 9.17) is 0 Å². The molecule has 0 spiro atoms. The molecule has 1 aromatic carbocycles. The summed E-state index contributed by atoms with van der Waals surface area (Å²) in [7, 11) is 0. The Morgan fingerprint density at radius 1 is 1.18 bits per heavy atom. The molecule has 0 fully saturated rings. The van der Waals surface area contributed by atoms with E-state index in [9.17, 15) is 5.11 Å². The summed E-state index contributed by atoms with van der Waals surface area (Å²) in [4.78, 5) is 0. The Hall–Kier alpha value is -1.02. The summed E-state index contributed by atoms with van der Waals surface area (Å²) in [5.41, 5.74) is 1.31. The fourth-order valence-electron chi connectivity index (χ4n) is 2.12. The van der Waals surface area contributed by atoms with Crippen LogP contribution in [0, 0.1) is 5.92 Å². The van der Waals surface area contributed by atoms with Crippen molar-refractivity contribution >= 4 is 0 Å². The van der Waals surface area contributed by atoms with Gasteiger partial charge in [0.2, 0.25) is 0 Å². The van der Waals surface area contributed by atoms with E-state index < -0.39 is 0 Å². The minimum Gasteiger partial charge on any atom is -0.508 e. The number of aryl methyl sites for hydroxylation is 1. The fourth-order valence-corrected chi connectivity index (χ4v) is 2.12. The van der Waals surface area contributed by atoms with Gasteiger partial charge >= 0.3 is 0 Å². The highest BCUT2D eigenvalue weighted by atomic mass is 16.3. The molecule has 0 aliphatic heterocycles. The predicted octanol–water partition coefficient (Wildman–Crippen LogP) is 3.35. The molecular formula is C15H25NO. The standard InChI is InChI=1S/C15H25NO/c1-4-16-15(12(2)3)7-5-6-13-8-10-14(17)11-9-13/h8-12,15-17H,4-7H2,1-3H3. The van der Waals surface area contributed by atoms with Gasteiger partial charge in [0.15, 0.2) is 0 Å². The zero-order chi connectivity index (χ0) is 12.7. The summed E-state index contributed by atoms with van der Waals surface area (Å²) in [6.45, 7) is 7.75. The number of phenols is 1. The molecule has 2 heteroatoms. The maximum atomic E-state index is 9.20. The van der Waals surface area contributed by atoms with Crippen molar-refractivity contribution in [2.24, 2.45) is 5.92 Å². The third kappa shape index (κ3) is 5.22. The number of nitrogens with one attached hydrogen (secondary N) is 1. The van der Waals surface area contributed by atoms with Gasteiger partial charge in [-0.3, -0.25) is 0 Å². The van der Waals surface area contributed by atoms with Crippen molar-refractivity contribution in [2.45, 2.75) is 46.1 Å². The molecule has 0 aromatic heterocycles. The summed E-state index contributed by atoms with van der Waals surface area (Å²) in [5, 5.41) is 12.7. The maximum Gasteiger partial charge on any atom is 0.115 e. The van der Waals surface area contributed by atoms with Gasteiger partial charge in [-0.25, -0.2) is 0 Å². The van der Waals surface area contributed by atoms with E-state index in [0.29, 0.717) is 17.7 Å². The zero-order valence-electron chi connectivity index (χ0n) is 11.2. The summed E-state index contributed by atoms with van der Waals surface area (Å²) in [6.07, 6.45) is 3.50. The Labute approximate surface area is 105 Å². The molecule has 17 heavy (non-hydrogen) atoms. The number of hydrogen-bond donors (Lipinski definition) is 2. The quantitative estimate of drug-likeness (QED) is 0.759. The Bertz CT molecular complexity index is 305. The van der Waals surface area contributed by atoms with Gasteiger partial charge < -0.3 is 10.4 Å².